The molecule has 1 amide bonds. The minimum Gasteiger partial charge on any atom is -0.322 e. The fraction of sp³-hybridized carbons (Fsp3) is 0.0909. The molecule has 3 heterocycles. The highest BCUT2D eigenvalue weighted by Gasteiger charge is 2.22. The van der Waals surface area contributed by atoms with Crippen LogP contribution in [-0.4, -0.2) is 30.9 Å². The number of hydrogen-bond donors (Lipinski definition) is 2. The Kier molecular flexibility index (Phi) is 4.25. The van der Waals surface area contributed by atoms with E-state index in [0.717, 1.165) is 28.1 Å². The highest BCUT2D eigenvalue weighted by Crippen LogP contribution is 2.30. The van der Waals surface area contributed by atoms with E-state index in [9.17, 15) is 13.6 Å². The molecule has 0 saturated heterocycles. The van der Waals surface area contributed by atoms with Crippen LogP contribution < -0.4 is 5.32 Å². The molecule has 7 nitrogen and oxygen atoms in total. The smallest absolute Gasteiger partial charge is 0.261 e. The first-order valence-corrected chi connectivity index (χ1v) is 9.44. The summed E-state index contributed by atoms with van der Waals surface area (Å²) in [4.78, 5) is 16.9. The first kappa shape index (κ1) is 18.9. The third kappa shape index (κ3) is 3.02. The number of nitrogens with one attached hydrogen (secondary N) is 2. The number of anilines is 1. The average Bonchev–Trinajstić information content (AvgIpc) is 3.32. The number of aryl methyl sites for hydroxylation is 2. The second kappa shape index (κ2) is 6.98. The van der Waals surface area contributed by atoms with Crippen molar-refractivity contribution < 1.29 is 13.6 Å². The molecule has 0 atom stereocenters. The fourth-order valence-electron chi connectivity index (χ4n) is 3.63. The lowest BCUT2D eigenvalue weighted by atomic mass is 10.0. The summed E-state index contributed by atoms with van der Waals surface area (Å²) in [5.74, 6) is -2.79. The lowest BCUT2D eigenvalue weighted by Crippen LogP contribution is -2.16. The summed E-state index contributed by atoms with van der Waals surface area (Å²) < 4.78 is 30.8. The quantitative estimate of drug-likeness (QED) is 0.456. The van der Waals surface area contributed by atoms with Crippen LogP contribution in [0.15, 0.2) is 48.9 Å². The second-order valence-corrected chi connectivity index (χ2v) is 7.23. The summed E-state index contributed by atoms with van der Waals surface area (Å²) >= 11 is 0. The Morgan fingerprint density at radius 3 is 2.77 bits per heavy atom. The lowest BCUT2D eigenvalue weighted by molar-refractivity contribution is 0.101. The molecule has 0 radical (unpaired) electrons. The molecule has 9 heteroatoms. The van der Waals surface area contributed by atoms with Gasteiger partial charge in [0.1, 0.15) is 22.9 Å². The molecule has 0 aliphatic heterocycles. The van der Waals surface area contributed by atoms with Crippen LogP contribution >= 0.6 is 0 Å². The second-order valence-electron chi connectivity index (χ2n) is 7.23. The molecule has 0 fully saturated rings. The van der Waals surface area contributed by atoms with Gasteiger partial charge in [-0.15, -0.1) is 0 Å². The van der Waals surface area contributed by atoms with Crippen LogP contribution in [-0.2, 0) is 7.05 Å². The first-order valence-electron chi connectivity index (χ1n) is 9.44. The van der Waals surface area contributed by atoms with E-state index in [1.54, 1.807) is 37.6 Å². The van der Waals surface area contributed by atoms with Gasteiger partial charge in [0.05, 0.1) is 22.6 Å². The molecule has 2 N–H and O–H groups in total. The Labute approximate surface area is 174 Å². The maximum absolute atomic E-state index is 14.9. The van der Waals surface area contributed by atoms with Gasteiger partial charge >= 0.3 is 0 Å². The summed E-state index contributed by atoms with van der Waals surface area (Å²) in [7, 11) is 1.57. The SMILES string of the molecule is Cc1ccncc1-c1n[nH]c2ccc(NC(=O)c3c(F)cc4c(cnn4C)c3F)cc12. The van der Waals surface area contributed by atoms with E-state index in [1.807, 2.05) is 13.0 Å². The normalized spacial score (nSPS) is 11.4. The molecule has 5 aromatic rings. The van der Waals surface area contributed by atoms with Gasteiger partial charge in [-0.05, 0) is 36.8 Å². The number of pyridine rings is 1. The third-order valence-electron chi connectivity index (χ3n) is 5.28. The van der Waals surface area contributed by atoms with Crippen LogP contribution in [0.2, 0.25) is 0 Å². The topological polar surface area (TPSA) is 88.5 Å². The standard InChI is InChI=1S/C22H16F2N6O/c1-11-5-6-25-9-14(11)21-13-7-12(3-4-17(13)28-29-21)27-22(31)19-16(23)8-18-15(20(19)24)10-26-30(18)2/h3-10H,1-2H3,(H,27,31)(H,28,29). The van der Waals surface area contributed by atoms with E-state index < -0.39 is 23.1 Å². The van der Waals surface area contributed by atoms with Gasteiger partial charge in [0.25, 0.3) is 5.91 Å². The van der Waals surface area contributed by atoms with Gasteiger partial charge in [0.2, 0.25) is 0 Å². The monoisotopic (exact) mass is 418 g/mol. The number of rotatable bonds is 3. The number of aromatic amines is 1. The summed E-state index contributed by atoms with van der Waals surface area (Å²) in [6.07, 6.45) is 4.67. The number of benzene rings is 2. The average molecular weight is 418 g/mol. The van der Waals surface area contributed by atoms with Crippen molar-refractivity contribution in [3.8, 4) is 11.3 Å². The van der Waals surface area contributed by atoms with Crippen LogP contribution in [0.4, 0.5) is 14.5 Å². The molecule has 0 saturated carbocycles. The number of H-pyrrole nitrogens is 1. The van der Waals surface area contributed by atoms with E-state index in [4.69, 9.17) is 0 Å². The summed E-state index contributed by atoms with van der Waals surface area (Å²) in [5, 5.41) is 14.6. The Hall–Kier alpha value is -4.14. The minimum atomic E-state index is -0.956. The zero-order chi connectivity index (χ0) is 21.7. The molecule has 3 aromatic heterocycles. The lowest BCUT2D eigenvalue weighted by Gasteiger charge is -2.09. The predicted octanol–water partition coefficient (Wildman–Crippen LogP) is 4.35. The Morgan fingerprint density at radius 1 is 1.13 bits per heavy atom. The number of carbonyl (C=O) groups is 1. The molecule has 5 rings (SSSR count). The summed E-state index contributed by atoms with van der Waals surface area (Å²) in [6, 6.07) is 8.06. The van der Waals surface area contributed by atoms with Gasteiger partial charge in [-0.3, -0.25) is 19.6 Å². The highest BCUT2D eigenvalue weighted by molar-refractivity contribution is 6.08. The number of aromatic nitrogens is 5. The molecular weight excluding hydrogens is 402 g/mol. The zero-order valence-corrected chi connectivity index (χ0v) is 16.6. The number of halogens is 2. The molecule has 0 aliphatic rings. The molecular formula is C22H16F2N6O. The number of carbonyl (C=O) groups excluding carboxylic acids is 1. The molecule has 0 bridgehead atoms. The summed E-state index contributed by atoms with van der Waals surface area (Å²) in [5.41, 5.74) is 3.25. The van der Waals surface area contributed by atoms with E-state index >= 15 is 0 Å². The van der Waals surface area contributed by atoms with Crippen LogP contribution in [0.1, 0.15) is 15.9 Å². The van der Waals surface area contributed by atoms with Gasteiger partial charge in [0, 0.05) is 42.1 Å². The molecule has 154 valence electrons. The van der Waals surface area contributed by atoms with Crippen molar-refractivity contribution in [1.82, 2.24) is 25.0 Å². The highest BCUT2D eigenvalue weighted by atomic mass is 19.1. The first-order chi connectivity index (χ1) is 14.9. The maximum atomic E-state index is 14.9. The minimum absolute atomic E-state index is 0.0775. The van der Waals surface area contributed by atoms with Crippen molar-refractivity contribution in [2.24, 2.45) is 7.05 Å². The fourth-order valence-corrected chi connectivity index (χ4v) is 3.63. The Balaban J connectivity index is 1.54. The van der Waals surface area contributed by atoms with Gasteiger partial charge in [0.15, 0.2) is 0 Å². The van der Waals surface area contributed by atoms with E-state index in [0.29, 0.717) is 11.4 Å². The maximum Gasteiger partial charge on any atom is 0.261 e. The molecule has 0 unspecified atom stereocenters. The molecule has 0 aliphatic carbocycles. The van der Waals surface area contributed by atoms with Gasteiger partial charge in [-0.25, -0.2) is 8.78 Å². The van der Waals surface area contributed by atoms with Crippen molar-refractivity contribution in [1.29, 1.82) is 0 Å². The number of nitrogens with zero attached hydrogens (tertiary/aromatic N) is 4. The Morgan fingerprint density at radius 2 is 1.97 bits per heavy atom. The zero-order valence-electron chi connectivity index (χ0n) is 16.6. The van der Waals surface area contributed by atoms with Crippen molar-refractivity contribution in [3.63, 3.8) is 0 Å². The van der Waals surface area contributed by atoms with Gasteiger partial charge in [-0.2, -0.15) is 10.2 Å². The summed E-state index contributed by atoms with van der Waals surface area (Å²) in [6.45, 7) is 1.95. The number of amides is 1. The van der Waals surface area contributed by atoms with Crippen LogP contribution in [0.25, 0.3) is 33.1 Å². The largest absolute Gasteiger partial charge is 0.322 e. The third-order valence-corrected chi connectivity index (χ3v) is 5.28. The van der Waals surface area contributed by atoms with Crippen molar-refractivity contribution in [3.05, 3.63) is 71.7 Å². The van der Waals surface area contributed by atoms with Crippen LogP contribution in [0.3, 0.4) is 0 Å². The van der Waals surface area contributed by atoms with Crippen molar-refractivity contribution in [2.45, 2.75) is 6.92 Å². The van der Waals surface area contributed by atoms with Crippen LogP contribution in [0, 0.1) is 18.6 Å². The van der Waals surface area contributed by atoms with E-state index in [1.165, 1.54) is 10.9 Å². The number of fused-ring (bicyclic) bond motifs is 2. The van der Waals surface area contributed by atoms with Crippen molar-refractivity contribution in [2.75, 3.05) is 5.32 Å². The van der Waals surface area contributed by atoms with Crippen molar-refractivity contribution >= 4 is 33.4 Å². The predicted molar refractivity (Wildman–Crippen MR) is 113 cm³/mol. The van der Waals surface area contributed by atoms with Gasteiger partial charge < -0.3 is 5.32 Å². The number of hydrogen-bond acceptors (Lipinski definition) is 4. The van der Waals surface area contributed by atoms with E-state index in [2.05, 4.69) is 25.6 Å². The van der Waals surface area contributed by atoms with E-state index in [-0.39, 0.29) is 10.9 Å². The Bertz CT molecular complexity index is 1490. The molecule has 2 aromatic carbocycles. The molecule has 0 spiro atoms. The van der Waals surface area contributed by atoms with Gasteiger partial charge in [-0.1, -0.05) is 0 Å². The molecule has 31 heavy (non-hydrogen) atoms. The van der Waals surface area contributed by atoms with Crippen LogP contribution in [0.5, 0.6) is 0 Å².